The average Bonchev–Trinajstić information content (AvgIpc) is 2.63. The van der Waals surface area contributed by atoms with Gasteiger partial charge >= 0.3 is 0 Å². The predicted octanol–water partition coefficient (Wildman–Crippen LogP) is 4.52. The van der Waals surface area contributed by atoms with Gasteiger partial charge in [0.2, 0.25) is 11.5 Å². The van der Waals surface area contributed by atoms with Gasteiger partial charge in [-0.05, 0) is 12.1 Å². The molecule has 1 heterocycles. The van der Waals surface area contributed by atoms with Gasteiger partial charge in [0.1, 0.15) is 0 Å². The van der Waals surface area contributed by atoms with E-state index in [1.54, 1.807) is 0 Å². The van der Waals surface area contributed by atoms with Crippen molar-refractivity contribution in [2.45, 2.75) is 0 Å². The second kappa shape index (κ2) is 5.38. The zero-order valence-electron chi connectivity index (χ0n) is 12.6. The molecule has 3 aromatic rings. The first-order valence-corrected chi connectivity index (χ1v) is 7.61. The maximum absolute atomic E-state index is 12.8. The molecule has 0 spiro atoms. The van der Waals surface area contributed by atoms with Gasteiger partial charge in [-0.2, -0.15) is 0 Å². The number of nitrogens with zero attached hydrogens (tertiary/aromatic N) is 1. The molecule has 0 bridgehead atoms. The molecule has 4 rings (SSSR count). The lowest BCUT2D eigenvalue weighted by atomic mass is 10.1. The molecule has 0 saturated heterocycles. The summed E-state index contributed by atoms with van der Waals surface area (Å²) in [5, 5.41) is 0. The predicted molar refractivity (Wildman–Crippen MR) is 90.6 cm³/mol. The van der Waals surface area contributed by atoms with Crippen molar-refractivity contribution < 1.29 is 9.63 Å². The van der Waals surface area contributed by atoms with Gasteiger partial charge in [0, 0.05) is 24.3 Å². The topological polar surface area (TPSA) is 26.3 Å². The monoisotopic (exact) mass is 302 g/mol. The highest BCUT2D eigenvalue weighted by molar-refractivity contribution is 6.02. The minimum Gasteiger partial charge on any atom is -0.303 e. The van der Waals surface area contributed by atoms with Crippen LogP contribution in [0, 0.1) is 0 Å². The summed E-state index contributed by atoms with van der Waals surface area (Å²) < 4.78 is 0.0531. The van der Waals surface area contributed by atoms with E-state index in [0.717, 1.165) is 11.4 Å². The van der Waals surface area contributed by atoms with Crippen LogP contribution >= 0.6 is 0 Å². The number of Topliss-reactive ketones (excluding diaryl/α,β-unsaturated/α-hetero) is 1. The second-order valence-corrected chi connectivity index (χ2v) is 5.58. The number of fused-ring (bicyclic) bond motifs is 1. The van der Waals surface area contributed by atoms with Crippen molar-refractivity contribution in [3.63, 3.8) is 0 Å². The largest absolute Gasteiger partial charge is 0.303 e. The van der Waals surface area contributed by atoms with Crippen molar-refractivity contribution in [1.82, 2.24) is 4.65 Å². The SMILES string of the molecule is O=C1C[N+](c2ccccc2)(c2ccccc2)Oc2ccccc21. The molecule has 112 valence electrons. The Hall–Kier alpha value is -2.91. The molecule has 0 atom stereocenters. The van der Waals surface area contributed by atoms with Crippen molar-refractivity contribution in [1.29, 1.82) is 0 Å². The number of ketones is 1. The van der Waals surface area contributed by atoms with Gasteiger partial charge in [0.25, 0.3) is 0 Å². The number of hydrogen-bond donors (Lipinski definition) is 0. The highest BCUT2D eigenvalue weighted by Gasteiger charge is 2.44. The molecule has 23 heavy (non-hydrogen) atoms. The molecule has 3 aromatic carbocycles. The summed E-state index contributed by atoms with van der Waals surface area (Å²) in [6.07, 6.45) is 0. The lowest BCUT2D eigenvalue weighted by Gasteiger charge is -2.37. The fourth-order valence-corrected chi connectivity index (χ4v) is 3.04. The molecule has 0 radical (unpaired) electrons. The Balaban J connectivity index is 1.94. The van der Waals surface area contributed by atoms with Crippen LogP contribution in [0.5, 0.6) is 5.75 Å². The smallest absolute Gasteiger partial charge is 0.225 e. The van der Waals surface area contributed by atoms with Crippen molar-refractivity contribution in [3.8, 4) is 5.75 Å². The number of para-hydroxylation sites is 3. The summed E-state index contributed by atoms with van der Waals surface area (Å²) in [4.78, 5) is 19.1. The van der Waals surface area contributed by atoms with Crippen molar-refractivity contribution in [2.75, 3.05) is 6.54 Å². The van der Waals surface area contributed by atoms with Gasteiger partial charge < -0.3 is 4.84 Å². The van der Waals surface area contributed by atoms with Crippen LogP contribution in [0.25, 0.3) is 0 Å². The first-order chi connectivity index (χ1) is 11.3. The maximum atomic E-state index is 12.8. The number of quaternary nitrogens is 1. The van der Waals surface area contributed by atoms with Gasteiger partial charge in [-0.1, -0.05) is 53.2 Å². The lowest BCUT2D eigenvalue weighted by Crippen LogP contribution is -2.53. The minimum atomic E-state index is 0.0531. The van der Waals surface area contributed by atoms with Crippen molar-refractivity contribution in [3.05, 3.63) is 90.5 Å². The normalized spacial score (nSPS) is 15.6. The molecule has 1 aliphatic rings. The van der Waals surface area contributed by atoms with Crippen molar-refractivity contribution in [2.24, 2.45) is 0 Å². The van der Waals surface area contributed by atoms with E-state index in [4.69, 9.17) is 4.84 Å². The highest BCUT2D eigenvalue weighted by atomic mass is 16.7. The third-order valence-corrected chi connectivity index (χ3v) is 4.15. The number of hydrogen-bond acceptors (Lipinski definition) is 2. The molecule has 0 saturated carbocycles. The molecule has 0 N–H and O–H groups in total. The molecular weight excluding hydrogens is 286 g/mol. The molecule has 3 heteroatoms. The van der Waals surface area contributed by atoms with E-state index >= 15 is 0 Å². The van der Waals surface area contributed by atoms with Crippen LogP contribution in [0.3, 0.4) is 0 Å². The molecule has 1 aliphatic heterocycles. The summed E-state index contributed by atoms with van der Waals surface area (Å²) in [5.41, 5.74) is 2.51. The number of benzene rings is 3. The first-order valence-electron chi connectivity index (χ1n) is 7.61. The third-order valence-electron chi connectivity index (χ3n) is 4.15. The summed E-state index contributed by atoms with van der Waals surface area (Å²) in [7, 11) is 0. The van der Waals surface area contributed by atoms with Gasteiger partial charge in [-0.25, -0.2) is 0 Å². The first kappa shape index (κ1) is 13.7. The number of rotatable bonds is 2. The van der Waals surface area contributed by atoms with Crippen LogP contribution in [0.15, 0.2) is 84.9 Å². The van der Waals surface area contributed by atoms with E-state index in [0.29, 0.717) is 11.3 Å². The minimum absolute atomic E-state index is 0.0531. The summed E-state index contributed by atoms with van der Waals surface area (Å²) in [6, 6.07) is 27.2. The molecule has 0 unspecified atom stereocenters. The number of carbonyl (C=O) groups excluding carboxylic acids is 1. The standard InChI is InChI=1S/C20H16NO2/c22-19-15-21(16-9-3-1-4-10-16,17-11-5-2-6-12-17)23-20-14-8-7-13-18(19)20/h1-14H,15H2/q+1. The summed E-state index contributed by atoms with van der Waals surface area (Å²) >= 11 is 0. The van der Waals surface area contributed by atoms with E-state index in [1.807, 2.05) is 84.9 Å². The number of hydroxylamine groups is 1. The van der Waals surface area contributed by atoms with Crippen LogP contribution in [-0.4, -0.2) is 12.3 Å². The molecular formula is C20H16NO2+. The number of carbonyl (C=O) groups is 1. The van der Waals surface area contributed by atoms with Gasteiger partial charge in [-0.15, -0.1) is 0 Å². The van der Waals surface area contributed by atoms with Gasteiger partial charge in [-0.3, -0.25) is 4.79 Å². The zero-order chi connectivity index (χ0) is 15.7. The summed E-state index contributed by atoms with van der Waals surface area (Å²) in [5.74, 6) is 0.705. The fraction of sp³-hybridized carbons (Fsp3) is 0.0500. The Morgan fingerprint density at radius 1 is 0.696 bits per heavy atom. The van der Waals surface area contributed by atoms with Crippen LogP contribution in [0.2, 0.25) is 0 Å². The Morgan fingerprint density at radius 2 is 1.22 bits per heavy atom. The van der Waals surface area contributed by atoms with Gasteiger partial charge in [0.05, 0.1) is 5.56 Å². The van der Waals surface area contributed by atoms with Crippen molar-refractivity contribution >= 4 is 17.2 Å². The average molecular weight is 302 g/mol. The Labute approximate surface area is 134 Å². The van der Waals surface area contributed by atoms with E-state index in [9.17, 15) is 4.79 Å². The second-order valence-electron chi connectivity index (χ2n) is 5.58. The van der Waals surface area contributed by atoms with Gasteiger partial charge in [0.15, 0.2) is 17.9 Å². The zero-order valence-corrected chi connectivity index (χ0v) is 12.6. The lowest BCUT2D eigenvalue weighted by molar-refractivity contribution is 0.00215. The molecule has 0 aliphatic carbocycles. The summed E-state index contributed by atoms with van der Waals surface area (Å²) in [6.45, 7) is 0.241. The highest BCUT2D eigenvalue weighted by Crippen LogP contribution is 2.40. The van der Waals surface area contributed by atoms with E-state index in [2.05, 4.69) is 0 Å². The van der Waals surface area contributed by atoms with E-state index < -0.39 is 0 Å². The maximum Gasteiger partial charge on any atom is 0.225 e. The Kier molecular flexibility index (Phi) is 3.21. The Bertz CT molecular complexity index is 804. The van der Waals surface area contributed by atoms with Crippen LogP contribution in [0.1, 0.15) is 10.4 Å². The van der Waals surface area contributed by atoms with E-state index in [1.165, 1.54) is 0 Å². The molecule has 0 fully saturated rings. The van der Waals surface area contributed by atoms with Crippen LogP contribution in [-0.2, 0) is 0 Å². The van der Waals surface area contributed by atoms with Crippen LogP contribution in [0.4, 0.5) is 11.4 Å². The molecule has 0 amide bonds. The van der Waals surface area contributed by atoms with Crippen LogP contribution < -0.4 is 9.48 Å². The fourth-order valence-electron chi connectivity index (χ4n) is 3.04. The third kappa shape index (κ3) is 2.22. The quantitative estimate of drug-likeness (QED) is 0.651. The molecule has 0 aromatic heterocycles. The molecule has 3 nitrogen and oxygen atoms in total. The Morgan fingerprint density at radius 3 is 1.83 bits per heavy atom. The van der Waals surface area contributed by atoms with E-state index in [-0.39, 0.29) is 17.0 Å².